The Hall–Kier alpha value is -2.10. The van der Waals surface area contributed by atoms with E-state index in [1.165, 1.54) is 5.56 Å². The highest BCUT2D eigenvalue weighted by Crippen LogP contribution is 2.17. The first-order valence-corrected chi connectivity index (χ1v) is 5.48. The van der Waals surface area contributed by atoms with E-state index in [2.05, 4.69) is 9.97 Å². The number of aromatic nitrogens is 2. The van der Waals surface area contributed by atoms with Crippen LogP contribution >= 0.6 is 0 Å². The van der Waals surface area contributed by atoms with Gasteiger partial charge in [-0.2, -0.15) is 0 Å². The minimum atomic E-state index is -0.807. The van der Waals surface area contributed by atoms with Crippen LogP contribution in [0.4, 0.5) is 0 Å². The molecule has 0 amide bonds. The van der Waals surface area contributed by atoms with Gasteiger partial charge in [-0.15, -0.1) is 0 Å². The summed E-state index contributed by atoms with van der Waals surface area (Å²) in [6, 6.07) is 8.10. The number of nitrogens with zero attached hydrogens (tertiary/aromatic N) is 1. The van der Waals surface area contributed by atoms with Crippen molar-refractivity contribution in [1.82, 2.24) is 9.97 Å². The predicted octanol–water partition coefficient (Wildman–Crippen LogP) is 2.40. The summed E-state index contributed by atoms with van der Waals surface area (Å²) in [4.78, 5) is 17.7. The molecule has 0 atom stereocenters. The molecule has 0 unspecified atom stereocenters. The highest BCUT2D eigenvalue weighted by atomic mass is 16.4. The number of imidazole rings is 1. The first-order chi connectivity index (χ1) is 8.15. The second kappa shape index (κ2) is 4.82. The number of carboxylic acids is 1. The lowest BCUT2D eigenvalue weighted by Crippen LogP contribution is -1.98. The maximum Gasteiger partial charge on any atom is 0.303 e. The summed E-state index contributed by atoms with van der Waals surface area (Å²) in [5.74, 6) is -0.0961. The Morgan fingerprint density at radius 3 is 2.71 bits per heavy atom. The van der Waals surface area contributed by atoms with Gasteiger partial charge in [0.05, 0.1) is 18.3 Å². The minimum Gasteiger partial charge on any atom is -0.481 e. The van der Waals surface area contributed by atoms with E-state index >= 15 is 0 Å². The van der Waals surface area contributed by atoms with Crippen molar-refractivity contribution in [3.8, 4) is 11.3 Å². The van der Waals surface area contributed by atoms with E-state index in [0.29, 0.717) is 12.2 Å². The molecule has 0 saturated carbocycles. The number of carboxylic acid groups (broad SMARTS) is 1. The monoisotopic (exact) mass is 230 g/mol. The van der Waals surface area contributed by atoms with Gasteiger partial charge in [-0.3, -0.25) is 4.79 Å². The summed E-state index contributed by atoms with van der Waals surface area (Å²) >= 11 is 0. The Morgan fingerprint density at radius 2 is 2.06 bits per heavy atom. The van der Waals surface area contributed by atoms with E-state index in [9.17, 15) is 4.79 Å². The van der Waals surface area contributed by atoms with Gasteiger partial charge in [0, 0.05) is 6.42 Å². The van der Waals surface area contributed by atoms with Gasteiger partial charge >= 0.3 is 5.97 Å². The van der Waals surface area contributed by atoms with Crippen LogP contribution in [-0.4, -0.2) is 21.0 Å². The second-order valence-electron chi connectivity index (χ2n) is 4.00. The largest absolute Gasteiger partial charge is 0.481 e. The first kappa shape index (κ1) is 11.4. The van der Waals surface area contributed by atoms with Crippen LogP contribution in [0.1, 0.15) is 17.8 Å². The summed E-state index contributed by atoms with van der Waals surface area (Å²) in [5.41, 5.74) is 3.19. The van der Waals surface area contributed by atoms with Crippen molar-refractivity contribution in [3.05, 3.63) is 41.9 Å². The van der Waals surface area contributed by atoms with E-state index in [1.807, 2.05) is 31.2 Å². The van der Waals surface area contributed by atoms with E-state index in [0.717, 1.165) is 11.3 Å². The number of H-pyrrole nitrogens is 1. The number of hydrogen-bond acceptors (Lipinski definition) is 2. The number of aryl methyl sites for hydroxylation is 2. The molecule has 2 N–H and O–H groups in total. The summed E-state index contributed by atoms with van der Waals surface area (Å²) < 4.78 is 0. The molecule has 0 aliphatic carbocycles. The molecule has 0 bridgehead atoms. The van der Waals surface area contributed by atoms with E-state index < -0.39 is 5.97 Å². The van der Waals surface area contributed by atoms with Crippen molar-refractivity contribution >= 4 is 5.97 Å². The number of aromatic amines is 1. The van der Waals surface area contributed by atoms with Crippen molar-refractivity contribution in [3.63, 3.8) is 0 Å². The second-order valence-corrected chi connectivity index (χ2v) is 4.00. The third-order valence-electron chi connectivity index (χ3n) is 2.57. The van der Waals surface area contributed by atoms with Crippen molar-refractivity contribution in [2.45, 2.75) is 19.8 Å². The summed E-state index contributed by atoms with van der Waals surface area (Å²) in [7, 11) is 0. The van der Waals surface area contributed by atoms with Gasteiger partial charge in [0.1, 0.15) is 5.82 Å². The zero-order valence-electron chi connectivity index (χ0n) is 9.60. The standard InChI is InChI=1S/C13H14N2O2/c1-9-2-4-10(5-3-9)11-8-14-12(15-11)6-7-13(16)17/h2-5,8H,6-7H2,1H3,(H,14,15)(H,16,17). The smallest absolute Gasteiger partial charge is 0.303 e. The predicted molar refractivity (Wildman–Crippen MR) is 64.7 cm³/mol. The molecule has 1 aromatic heterocycles. The molecule has 0 spiro atoms. The van der Waals surface area contributed by atoms with Crippen LogP contribution in [0.5, 0.6) is 0 Å². The summed E-state index contributed by atoms with van der Waals surface area (Å²) in [6.45, 7) is 2.04. The fourth-order valence-corrected chi connectivity index (χ4v) is 1.59. The van der Waals surface area contributed by atoms with Gasteiger partial charge < -0.3 is 10.1 Å². The molecular formula is C13H14N2O2. The van der Waals surface area contributed by atoms with Gasteiger partial charge in [0.15, 0.2) is 0 Å². The number of rotatable bonds is 4. The lowest BCUT2D eigenvalue weighted by Gasteiger charge is -1.98. The molecule has 1 aromatic carbocycles. The Labute approximate surface area is 99.3 Å². The Bertz CT molecular complexity index is 514. The Balaban J connectivity index is 2.12. The average molecular weight is 230 g/mol. The number of carbonyl (C=O) groups is 1. The van der Waals surface area contributed by atoms with Crippen LogP contribution < -0.4 is 0 Å². The lowest BCUT2D eigenvalue weighted by atomic mass is 10.1. The van der Waals surface area contributed by atoms with E-state index in [4.69, 9.17) is 5.11 Å². The van der Waals surface area contributed by atoms with Gasteiger partial charge in [0.2, 0.25) is 0 Å². The minimum absolute atomic E-state index is 0.0981. The van der Waals surface area contributed by atoms with Crippen LogP contribution in [0.15, 0.2) is 30.5 Å². The van der Waals surface area contributed by atoms with Gasteiger partial charge in [-0.05, 0) is 12.5 Å². The third kappa shape index (κ3) is 2.93. The molecule has 0 fully saturated rings. The van der Waals surface area contributed by atoms with Gasteiger partial charge in [0.25, 0.3) is 0 Å². The Morgan fingerprint density at radius 1 is 1.35 bits per heavy atom. The molecule has 0 aliphatic heterocycles. The van der Waals surface area contributed by atoms with E-state index in [1.54, 1.807) is 6.20 Å². The van der Waals surface area contributed by atoms with Crippen molar-refractivity contribution < 1.29 is 9.90 Å². The van der Waals surface area contributed by atoms with E-state index in [-0.39, 0.29) is 6.42 Å². The zero-order chi connectivity index (χ0) is 12.3. The molecule has 0 saturated heterocycles. The number of hydrogen-bond donors (Lipinski definition) is 2. The summed E-state index contributed by atoms with van der Waals surface area (Å²) in [5, 5.41) is 8.59. The first-order valence-electron chi connectivity index (χ1n) is 5.48. The number of aliphatic carboxylic acids is 1. The highest BCUT2D eigenvalue weighted by Gasteiger charge is 2.05. The normalized spacial score (nSPS) is 10.4. The van der Waals surface area contributed by atoms with Crippen molar-refractivity contribution in [2.75, 3.05) is 0 Å². The molecule has 2 aromatic rings. The lowest BCUT2D eigenvalue weighted by molar-refractivity contribution is -0.137. The van der Waals surface area contributed by atoms with Crippen molar-refractivity contribution in [2.24, 2.45) is 0 Å². The average Bonchev–Trinajstić information content (AvgIpc) is 2.76. The molecule has 0 aliphatic rings. The van der Waals surface area contributed by atoms with Crippen LogP contribution in [0.2, 0.25) is 0 Å². The number of benzene rings is 1. The fourth-order valence-electron chi connectivity index (χ4n) is 1.59. The van der Waals surface area contributed by atoms with Gasteiger partial charge in [-0.1, -0.05) is 29.8 Å². The summed E-state index contributed by atoms with van der Waals surface area (Å²) in [6.07, 6.45) is 2.27. The molecule has 0 radical (unpaired) electrons. The molecule has 1 heterocycles. The Kier molecular flexibility index (Phi) is 3.23. The van der Waals surface area contributed by atoms with Crippen LogP contribution in [0.25, 0.3) is 11.3 Å². The third-order valence-corrected chi connectivity index (χ3v) is 2.57. The maximum absolute atomic E-state index is 10.4. The molecule has 88 valence electrons. The highest BCUT2D eigenvalue weighted by molar-refractivity contribution is 5.67. The molecule has 2 rings (SSSR count). The SMILES string of the molecule is Cc1ccc(-c2cnc(CCC(=O)O)[nH]2)cc1. The fraction of sp³-hybridized carbons (Fsp3) is 0.231. The van der Waals surface area contributed by atoms with Gasteiger partial charge in [-0.25, -0.2) is 4.98 Å². The topological polar surface area (TPSA) is 66.0 Å². The molecule has 17 heavy (non-hydrogen) atoms. The molecule has 4 heteroatoms. The molecule has 4 nitrogen and oxygen atoms in total. The zero-order valence-corrected chi connectivity index (χ0v) is 9.60. The van der Waals surface area contributed by atoms with Crippen LogP contribution in [-0.2, 0) is 11.2 Å². The quantitative estimate of drug-likeness (QED) is 0.847. The van der Waals surface area contributed by atoms with Crippen LogP contribution in [0, 0.1) is 6.92 Å². The molecular weight excluding hydrogens is 216 g/mol. The maximum atomic E-state index is 10.4. The van der Waals surface area contributed by atoms with Crippen molar-refractivity contribution in [1.29, 1.82) is 0 Å². The van der Waals surface area contributed by atoms with Crippen LogP contribution in [0.3, 0.4) is 0 Å². The number of nitrogens with one attached hydrogen (secondary N) is 1.